The summed E-state index contributed by atoms with van der Waals surface area (Å²) in [5.74, 6) is 1.12. The van der Waals surface area contributed by atoms with E-state index < -0.39 is 0 Å². The molecule has 0 aromatic carbocycles. The molecule has 0 bridgehead atoms. The van der Waals surface area contributed by atoms with Crippen LogP contribution in [0.1, 0.15) is 27.2 Å². The molecule has 1 atom stereocenters. The van der Waals surface area contributed by atoms with Gasteiger partial charge in [-0.3, -0.25) is 4.99 Å². The highest BCUT2D eigenvalue weighted by atomic mass is 32.2. The lowest BCUT2D eigenvalue weighted by molar-refractivity contribution is 0.722. The Bertz CT molecular complexity index is 81.0. The van der Waals surface area contributed by atoms with Crippen molar-refractivity contribution in [2.24, 2.45) is 4.99 Å². The summed E-state index contributed by atoms with van der Waals surface area (Å²) in [7, 11) is 0. The van der Waals surface area contributed by atoms with E-state index in [4.69, 9.17) is 0 Å². The Morgan fingerprint density at radius 3 is 2.67 bits per heavy atom. The van der Waals surface area contributed by atoms with Crippen LogP contribution in [0.3, 0.4) is 0 Å². The van der Waals surface area contributed by atoms with Gasteiger partial charge in [0.15, 0.2) is 0 Å². The fourth-order valence-corrected chi connectivity index (χ4v) is 0.770. The highest BCUT2D eigenvalue weighted by Gasteiger charge is 1.88. The monoisotopic (exact) mass is 145 g/mol. The molecule has 0 rings (SSSR count). The van der Waals surface area contributed by atoms with E-state index >= 15 is 0 Å². The van der Waals surface area contributed by atoms with Crippen molar-refractivity contribution in [2.75, 3.05) is 5.75 Å². The van der Waals surface area contributed by atoms with Crippen molar-refractivity contribution in [3.63, 3.8) is 0 Å². The third-order valence-electron chi connectivity index (χ3n) is 1.15. The van der Waals surface area contributed by atoms with Crippen LogP contribution in [0.15, 0.2) is 4.99 Å². The topological polar surface area (TPSA) is 12.4 Å². The Labute approximate surface area is 61.9 Å². The highest BCUT2D eigenvalue weighted by molar-refractivity contribution is 8.12. The van der Waals surface area contributed by atoms with Gasteiger partial charge in [-0.25, -0.2) is 0 Å². The number of thioether (sulfide) groups is 1. The van der Waals surface area contributed by atoms with E-state index in [2.05, 4.69) is 25.8 Å². The standard InChI is InChI=1S/C7H15NS/c1-4-7(3)8-6-9-5-2/h6-7H,4-5H2,1-3H3/b8-6-. The van der Waals surface area contributed by atoms with Gasteiger partial charge in [0.1, 0.15) is 0 Å². The molecule has 0 aromatic heterocycles. The molecule has 0 radical (unpaired) electrons. The number of aliphatic imine (C=N–C) groups is 1. The van der Waals surface area contributed by atoms with Crippen LogP contribution < -0.4 is 0 Å². The summed E-state index contributed by atoms with van der Waals surface area (Å²) in [6, 6.07) is 0.504. The maximum Gasteiger partial charge on any atom is 0.0544 e. The molecule has 0 aliphatic carbocycles. The third kappa shape index (κ3) is 5.90. The second-order valence-electron chi connectivity index (χ2n) is 1.97. The molecule has 0 aromatic rings. The van der Waals surface area contributed by atoms with Gasteiger partial charge in [0, 0.05) is 6.04 Å². The average Bonchev–Trinajstić information content (AvgIpc) is 1.89. The molecule has 0 fully saturated rings. The van der Waals surface area contributed by atoms with Crippen molar-refractivity contribution in [2.45, 2.75) is 33.2 Å². The Kier molecular flexibility index (Phi) is 6.16. The molecule has 0 spiro atoms. The number of hydrogen-bond donors (Lipinski definition) is 0. The molecule has 0 N–H and O–H groups in total. The Hall–Kier alpha value is 0.0200. The van der Waals surface area contributed by atoms with E-state index in [1.54, 1.807) is 11.8 Å². The SMILES string of the molecule is CCS/C=N\C(C)CC. The summed E-state index contributed by atoms with van der Waals surface area (Å²) in [5, 5.41) is 0. The lowest BCUT2D eigenvalue weighted by atomic mass is 10.3. The largest absolute Gasteiger partial charge is 0.283 e. The molecule has 9 heavy (non-hydrogen) atoms. The van der Waals surface area contributed by atoms with Crippen molar-refractivity contribution in [3.8, 4) is 0 Å². The zero-order valence-electron chi connectivity index (χ0n) is 6.42. The average molecular weight is 145 g/mol. The van der Waals surface area contributed by atoms with Crippen LogP contribution in [0.2, 0.25) is 0 Å². The second kappa shape index (κ2) is 6.14. The van der Waals surface area contributed by atoms with Crippen LogP contribution in [0.5, 0.6) is 0 Å². The van der Waals surface area contributed by atoms with Crippen molar-refractivity contribution in [1.82, 2.24) is 0 Å². The summed E-state index contributed by atoms with van der Waals surface area (Å²) in [6.07, 6.45) is 1.14. The van der Waals surface area contributed by atoms with E-state index in [1.807, 2.05) is 5.55 Å². The molecule has 54 valence electrons. The molecule has 2 heteroatoms. The molecular weight excluding hydrogens is 130 g/mol. The van der Waals surface area contributed by atoms with Crippen LogP contribution in [0, 0.1) is 0 Å². The summed E-state index contributed by atoms with van der Waals surface area (Å²) >= 11 is 1.76. The third-order valence-corrected chi connectivity index (χ3v) is 1.75. The summed E-state index contributed by atoms with van der Waals surface area (Å²) < 4.78 is 0. The number of rotatable bonds is 4. The Balaban J connectivity index is 3.20. The van der Waals surface area contributed by atoms with Crippen molar-refractivity contribution in [3.05, 3.63) is 0 Å². The number of nitrogens with zero attached hydrogens (tertiary/aromatic N) is 1. The quantitative estimate of drug-likeness (QED) is 0.437. The molecule has 0 saturated carbocycles. The molecular formula is C7H15NS. The molecule has 0 amide bonds. The van der Waals surface area contributed by atoms with Gasteiger partial charge >= 0.3 is 0 Å². The van der Waals surface area contributed by atoms with Gasteiger partial charge in [0.25, 0.3) is 0 Å². The lowest BCUT2D eigenvalue weighted by Crippen LogP contribution is -1.92. The minimum absolute atomic E-state index is 0.504. The first kappa shape index (κ1) is 9.02. The van der Waals surface area contributed by atoms with E-state index in [-0.39, 0.29) is 0 Å². The van der Waals surface area contributed by atoms with E-state index in [1.165, 1.54) is 0 Å². The molecule has 0 aliphatic rings. The van der Waals surface area contributed by atoms with Crippen molar-refractivity contribution in [1.29, 1.82) is 0 Å². The minimum Gasteiger partial charge on any atom is -0.283 e. The van der Waals surface area contributed by atoms with Gasteiger partial charge in [0.05, 0.1) is 5.55 Å². The first-order valence-electron chi connectivity index (χ1n) is 3.44. The molecule has 1 unspecified atom stereocenters. The van der Waals surface area contributed by atoms with Crippen LogP contribution in [0.25, 0.3) is 0 Å². The molecule has 0 aliphatic heterocycles. The van der Waals surface area contributed by atoms with Crippen LogP contribution in [0.4, 0.5) is 0 Å². The van der Waals surface area contributed by atoms with Gasteiger partial charge in [-0.1, -0.05) is 13.8 Å². The first-order valence-corrected chi connectivity index (χ1v) is 4.49. The first-order chi connectivity index (χ1) is 4.31. The Morgan fingerprint density at radius 2 is 2.22 bits per heavy atom. The molecule has 0 heterocycles. The minimum atomic E-state index is 0.504. The lowest BCUT2D eigenvalue weighted by Gasteiger charge is -1.97. The van der Waals surface area contributed by atoms with E-state index in [0.717, 1.165) is 12.2 Å². The highest BCUT2D eigenvalue weighted by Crippen LogP contribution is 1.97. The maximum absolute atomic E-state index is 4.27. The second-order valence-corrected chi connectivity index (χ2v) is 3.09. The predicted molar refractivity (Wildman–Crippen MR) is 46.4 cm³/mol. The normalized spacial score (nSPS) is 14.6. The Morgan fingerprint density at radius 1 is 1.56 bits per heavy atom. The van der Waals surface area contributed by atoms with Gasteiger partial charge in [-0.05, 0) is 19.1 Å². The zero-order valence-corrected chi connectivity index (χ0v) is 7.24. The van der Waals surface area contributed by atoms with Gasteiger partial charge in [-0.15, -0.1) is 11.8 Å². The van der Waals surface area contributed by atoms with Gasteiger partial charge in [-0.2, -0.15) is 0 Å². The van der Waals surface area contributed by atoms with Gasteiger partial charge in [0.2, 0.25) is 0 Å². The fraction of sp³-hybridized carbons (Fsp3) is 0.857. The van der Waals surface area contributed by atoms with Crippen LogP contribution in [-0.4, -0.2) is 17.3 Å². The smallest absolute Gasteiger partial charge is 0.0544 e. The molecule has 1 nitrogen and oxygen atoms in total. The fourth-order valence-electron chi connectivity index (χ4n) is 0.327. The summed E-state index contributed by atoms with van der Waals surface area (Å²) in [6.45, 7) is 6.42. The van der Waals surface area contributed by atoms with E-state index in [9.17, 15) is 0 Å². The van der Waals surface area contributed by atoms with E-state index in [0.29, 0.717) is 6.04 Å². The van der Waals surface area contributed by atoms with Crippen LogP contribution >= 0.6 is 11.8 Å². The summed E-state index contributed by atoms with van der Waals surface area (Å²) in [5.41, 5.74) is 1.95. The summed E-state index contributed by atoms with van der Waals surface area (Å²) in [4.78, 5) is 4.27. The van der Waals surface area contributed by atoms with Gasteiger partial charge < -0.3 is 0 Å². The van der Waals surface area contributed by atoms with Crippen molar-refractivity contribution >= 4 is 17.3 Å². The maximum atomic E-state index is 4.27. The predicted octanol–water partition coefficient (Wildman–Crippen LogP) is 2.57. The van der Waals surface area contributed by atoms with Crippen LogP contribution in [-0.2, 0) is 0 Å². The number of hydrogen-bond acceptors (Lipinski definition) is 2. The zero-order chi connectivity index (χ0) is 7.11. The van der Waals surface area contributed by atoms with Crippen molar-refractivity contribution < 1.29 is 0 Å². The molecule has 0 saturated heterocycles.